The second-order valence-corrected chi connectivity index (χ2v) is 5.35. The Hall–Kier alpha value is -1.35. The maximum Gasteiger partial charge on any atom is 0.224 e. The van der Waals surface area contributed by atoms with Crippen molar-refractivity contribution in [3.63, 3.8) is 0 Å². The van der Waals surface area contributed by atoms with Gasteiger partial charge in [0, 0.05) is 19.6 Å². The fourth-order valence-corrected chi connectivity index (χ4v) is 2.56. The van der Waals surface area contributed by atoms with Gasteiger partial charge in [0.25, 0.3) is 0 Å². The molecule has 1 amide bonds. The Kier molecular flexibility index (Phi) is 5.40. The van der Waals surface area contributed by atoms with Crippen LogP contribution in [0.4, 0.5) is 0 Å². The van der Waals surface area contributed by atoms with Crippen molar-refractivity contribution < 1.29 is 4.79 Å². The smallest absolute Gasteiger partial charge is 0.224 e. The maximum absolute atomic E-state index is 12.0. The molecule has 1 aromatic rings. The van der Waals surface area contributed by atoms with Crippen molar-refractivity contribution in [2.75, 3.05) is 19.6 Å². The fraction of sp³-hybridized carbons (Fsp3) is 0.562. The van der Waals surface area contributed by atoms with Crippen molar-refractivity contribution in [3.8, 4) is 0 Å². The maximum atomic E-state index is 12.0. The number of carbonyl (C=O) groups is 1. The molecule has 1 N–H and O–H groups in total. The first-order chi connectivity index (χ1) is 9.29. The minimum Gasteiger partial charge on any atom is -0.356 e. The van der Waals surface area contributed by atoms with E-state index < -0.39 is 0 Å². The summed E-state index contributed by atoms with van der Waals surface area (Å²) in [6.45, 7) is 5.85. The highest BCUT2D eigenvalue weighted by Gasteiger charge is 2.27. The highest BCUT2D eigenvalue weighted by molar-refractivity contribution is 5.79. The number of unbranched alkanes of at least 4 members (excludes halogenated alkanes) is 1. The Labute approximate surface area is 116 Å². The van der Waals surface area contributed by atoms with Gasteiger partial charge in [0.1, 0.15) is 0 Å². The molecule has 104 valence electrons. The molecule has 1 heterocycles. The van der Waals surface area contributed by atoms with E-state index in [2.05, 4.69) is 41.4 Å². The number of nitrogens with zero attached hydrogens (tertiary/aromatic N) is 1. The second kappa shape index (κ2) is 7.29. The van der Waals surface area contributed by atoms with Crippen LogP contribution in [0, 0.1) is 5.92 Å². The molecule has 1 unspecified atom stereocenters. The van der Waals surface area contributed by atoms with Crippen LogP contribution in [-0.2, 0) is 11.3 Å². The minimum absolute atomic E-state index is 0.181. The first kappa shape index (κ1) is 14.1. The average Bonchev–Trinajstić information content (AvgIpc) is 2.89. The largest absolute Gasteiger partial charge is 0.356 e. The van der Waals surface area contributed by atoms with Crippen LogP contribution in [0.2, 0.25) is 0 Å². The molecule has 0 aromatic heterocycles. The molecular formula is C16H24N2O. The number of hydrogen-bond acceptors (Lipinski definition) is 2. The van der Waals surface area contributed by atoms with Gasteiger partial charge in [0.15, 0.2) is 0 Å². The molecule has 0 aliphatic carbocycles. The van der Waals surface area contributed by atoms with Gasteiger partial charge in [-0.1, -0.05) is 43.7 Å². The lowest BCUT2D eigenvalue weighted by atomic mass is 10.1. The van der Waals surface area contributed by atoms with Gasteiger partial charge < -0.3 is 5.32 Å². The zero-order chi connectivity index (χ0) is 13.5. The molecule has 1 atom stereocenters. The van der Waals surface area contributed by atoms with Crippen LogP contribution in [0.1, 0.15) is 31.7 Å². The number of likely N-dealkylation sites (tertiary alicyclic amines) is 1. The zero-order valence-electron chi connectivity index (χ0n) is 11.8. The Morgan fingerprint density at radius 3 is 2.89 bits per heavy atom. The first-order valence-corrected chi connectivity index (χ1v) is 7.33. The van der Waals surface area contributed by atoms with Crippen molar-refractivity contribution in [1.82, 2.24) is 10.2 Å². The van der Waals surface area contributed by atoms with Crippen LogP contribution in [0.15, 0.2) is 30.3 Å². The molecule has 3 nitrogen and oxygen atoms in total. The minimum atomic E-state index is 0.181. The van der Waals surface area contributed by atoms with Gasteiger partial charge in [-0.3, -0.25) is 9.69 Å². The molecule has 1 aromatic carbocycles. The van der Waals surface area contributed by atoms with Crippen molar-refractivity contribution in [1.29, 1.82) is 0 Å². The SMILES string of the molecule is CCCCNC(=O)C1CCN(Cc2ccccc2)C1. The number of carbonyl (C=O) groups excluding carboxylic acids is 1. The predicted octanol–water partition coefficient (Wildman–Crippen LogP) is 2.42. The third-order valence-electron chi connectivity index (χ3n) is 3.72. The summed E-state index contributed by atoms with van der Waals surface area (Å²) in [7, 11) is 0. The molecule has 0 spiro atoms. The number of nitrogens with one attached hydrogen (secondary N) is 1. The summed E-state index contributed by atoms with van der Waals surface area (Å²) < 4.78 is 0. The number of amides is 1. The number of hydrogen-bond donors (Lipinski definition) is 1. The lowest BCUT2D eigenvalue weighted by molar-refractivity contribution is -0.124. The van der Waals surface area contributed by atoms with E-state index in [9.17, 15) is 4.79 Å². The molecular weight excluding hydrogens is 236 g/mol. The molecule has 1 saturated heterocycles. The van der Waals surface area contributed by atoms with Gasteiger partial charge in [-0.25, -0.2) is 0 Å². The number of rotatable bonds is 6. The molecule has 2 rings (SSSR count). The fourth-order valence-electron chi connectivity index (χ4n) is 2.56. The summed E-state index contributed by atoms with van der Waals surface area (Å²) in [6.07, 6.45) is 3.20. The zero-order valence-corrected chi connectivity index (χ0v) is 11.8. The van der Waals surface area contributed by atoms with Crippen LogP contribution in [0.5, 0.6) is 0 Å². The van der Waals surface area contributed by atoms with Crippen LogP contribution in [-0.4, -0.2) is 30.4 Å². The van der Waals surface area contributed by atoms with Gasteiger partial charge in [-0.05, 0) is 24.9 Å². The molecule has 19 heavy (non-hydrogen) atoms. The molecule has 0 radical (unpaired) electrons. The summed E-state index contributed by atoms with van der Waals surface area (Å²) in [5.41, 5.74) is 1.33. The third kappa shape index (κ3) is 4.35. The Morgan fingerprint density at radius 2 is 2.16 bits per heavy atom. The summed E-state index contributed by atoms with van der Waals surface area (Å²) in [5, 5.41) is 3.04. The molecule has 1 aliphatic rings. The lowest BCUT2D eigenvalue weighted by Crippen LogP contribution is -2.33. The molecule has 3 heteroatoms. The highest BCUT2D eigenvalue weighted by Crippen LogP contribution is 2.18. The summed E-state index contributed by atoms with van der Waals surface area (Å²) in [6, 6.07) is 10.5. The first-order valence-electron chi connectivity index (χ1n) is 7.33. The van der Waals surface area contributed by atoms with Gasteiger partial charge in [0.05, 0.1) is 5.92 Å². The van der Waals surface area contributed by atoms with Crippen molar-refractivity contribution >= 4 is 5.91 Å². The summed E-state index contributed by atoms with van der Waals surface area (Å²) in [5.74, 6) is 0.421. The van der Waals surface area contributed by atoms with E-state index in [4.69, 9.17) is 0 Å². The van der Waals surface area contributed by atoms with Crippen LogP contribution in [0.3, 0.4) is 0 Å². The van der Waals surface area contributed by atoms with Crippen molar-refractivity contribution in [3.05, 3.63) is 35.9 Å². The lowest BCUT2D eigenvalue weighted by Gasteiger charge is -2.16. The van der Waals surface area contributed by atoms with E-state index in [0.717, 1.165) is 45.4 Å². The third-order valence-corrected chi connectivity index (χ3v) is 3.72. The molecule has 0 saturated carbocycles. The molecule has 1 fully saturated rings. The molecule has 1 aliphatic heterocycles. The predicted molar refractivity (Wildman–Crippen MR) is 77.7 cm³/mol. The van der Waals surface area contributed by atoms with Crippen LogP contribution >= 0.6 is 0 Å². The monoisotopic (exact) mass is 260 g/mol. The van der Waals surface area contributed by atoms with Gasteiger partial charge in [-0.2, -0.15) is 0 Å². The van der Waals surface area contributed by atoms with E-state index in [1.165, 1.54) is 5.56 Å². The van der Waals surface area contributed by atoms with Crippen molar-refractivity contribution in [2.24, 2.45) is 5.92 Å². The van der Waals surface area contributed by atoms with E-state index in [-0.39, 0.29) is 11.8 Å². The van der Waals surface area contributed by atoms with Crippen LogP contribution < -0.4 is 5.32 Å². The second-order valence-electron chi connectivity index (χ2n) is 5.35. The quantitative estimate of drug-likeness (QED) is 0.797. The van der Waals surface area contributed by atoms with Crippen LogP contribution in [0.25, 0.3) is 0 Å². The van der Waals surface area contributed by atoms with Gasteiger partial charge in [-0.15, -0.1) is 0 Å². The van der Waals surface area contributed by atoms with Gasteiger partial charge in [0.2, 0.25) is 5.91 Å². The average molecular weight is 260 g/mol. The Bertz CT molecular complexity index is 391. The number of benzene rings is 1. The molecule has 0 bridgehead atoms. The highest BCUT2D eigenvalue weighted by atomic mass is 16.1. The normalized spacial score (nSPS) is 19.5. The van der Waals surface area contributed by atoms with E-state index in [0.29, 0.717) is 0 Å². The van der Waals surface area contributed by atoms with E-state index in [1.807, 2.05) is 6.07 Å². The van der Waals surface area contributed by atoms with E-state index in [1.54, 1.807) is 0 Å². The Morgan fingerprint density at radius 1 is 1.37 bits per heavy atom. The standard InChI is InChI=1S/C16H24N2O/c1-2-3-10-17-16(19)15-9-11-18(13-15)12-14-7-5-4-6-8-14/h4-8,15H,2-3,9-13H2,1H3,(H,17,19). The topological polar surface area (TPSA) is 32.3 Å². The van der Waals surface area contributed by atoms with Gasteiger partial charge >= 0.3 is 0 Å². The summed E-state index contributed by atoms with van der Waals surface area (Å²) in [4.78, 5) is 14.4. The Balaban J connectivity index is 1.75. The van der Waals surface area contributed by atoms with Crippen molar-refractivity contribution in [2.45, 2.75) is 32.7 Å². The van der Waals surface area contributed by atoms with E-state index >= 15 is 0 Å². The summed E-state index contributed by atoms with van der Waals surface area (Å²) >= 11 is 0.